The van der Waals surface area contributed by atoms with E-state index in [0.717, 1.165) is 37.8 Å². The van der Waals surface area contributed by atoms with Gasteiger partial charge in [-0.05, 0) is 31.2 Å². The van der Waals surface area contributed by atoms with E-state index in [-0.39, 0.29) is 22.9 Å². The van der Waals surface area contributed by atoms with Crippen LogP contribution in [0.1, 0.15) is 31.2 Å². The fourth-order valence-corrected chi connectivity index (χ4v) is 3.84. The van der Waals surface area contributed by atoms with Crippen LogP contribution in [-0.4, -0.2) is 34.6 Å². The van der Waals surface area contributed by atoms with E-state index in [4.69, 9.17) is 0 Å². The molecule has 1 saturated carbocycles. The van der Waals surface area contributed by atoms with Crippen LogP contribution in [0.3, 0.4) is 0 Å². The molecule has 1 aromatic carbocycles. The van der Waals surface area contributed by atoms with Crippen molar-refractivity contribution in [1.82, 2.24) is 14.9 Å². The van der Waals surface area contributed by atoms with E-state index in [1.54, 1.807) is 24.0 Å². The maximum atomic E-state index is 12.9. The molecule has 6 heteroatoms. The zero-order chi connectivity index (χ0) is 18.1. The molecule has 1 aliphatic carbocycles. The Kier molecular flexibility index (Phi) is 4.26. The number of aryl methyl sites for hydroxylation is 1. The lowest BCUT2D eigenvalue weighted by Crippen LogP contribution is -2.51. The number of rotatable bonds is 4. The SMILES string of the molecule is Cn1ccnc(N2CCC[C@H](NC(=O)C3(c4ccccc4)CC3)C2)c1=O. The first kappa shape index (κ1) is 16.8. The molecule has 1 aromatic heterocycles. The lowest BCUT2D eigenvalue weighted by atomic mass is 9.94. The Hall–Kier alpha value is -2.63. The van der Waals surface area contributed by atoms with Gasteiger partial charge in [0.15, 0.2) is 5.82 Å². The summed E-state index contributed by atoms with van der Waals surface area (Å²) in [5.41, 5.74) is 0.649. The summed E-state index contributed by atoms with van der Waals surface area (Å²) in [7, 11) is 1.73. The zero-order valence-corrected chi connectivity index (χ0v) is 15.0. The molecule has 0 unspecified atom stereocenters. The maximum absolute atomic E-state index is 12.9. The van der Waals surface area contributed by atoms with Crippen LogP contribution in [0.25, 0.3) is 0 Å². The van der Waals surface area contributed by atoms with Gasteiger partial charge in [-0.2, -0.15) is 0 Å². The second-order valence-corrected chi connectivity index (χ2v) is 7.37. The third-order valence-electron chi connectivity index (χ3n) is 5.57. The van der Waals surface area contributed by atoms with Gasteiger partial charge in [-0.25, -0.2) is 4.98 Å². The standard InChI is InChI=1S/C20H24N4O2/c1-23-13-11-21-17(18(23)25)24-12-5-8-16(14-24)22-19(26)20(9-10-20)15-6-3-2-4-7-15/h2-4,6-7,11,13,16H,5,8-10,12,14H2,1H3,(H,22,26)/t16-/m0/s1. The van der Waals surface area contributed by atoms with E-state index in [0.29, 0.717) is 12.4 Å². The second-order valence-electron chi connectivity index (χ2n) is 7.37. The Labute approximate surface area is 152 Å². The average molecular weight is 352 g/mol. The summed E-state index contributed by atoms with van der Waals surface area (Å²) in [5, 5.41) is 3.24. The van der Waals surface area contributed by atoms with Crippen molar-refractivity contribution >= 4 is 11.7 Å². The number of amides is 1. The largest absolute Gasteiger partial charge is 0.351 e. The summed E-state index contributed by atoms with van der Waals surface area (Å²) in [6.45, 7) is 1.42. The van der Waals surface area contributed by atoms with Gasteiger partial charge in [-0.1, -0.05) is 30.3 Å². The minimum atomic E-state index is -0.356. The molecule has 2 heterocycles. The monoisotopic (exact) mass is 352 g/mol. The van der Waals surface area contributed by atoms with Crippen LogP contribution in [0.15, 0.2) is 47.5 Å². The van der Waals surface area contributed by atoms with Crippen molar-refractivity contribution in [3.63, 3.8) is 0 Å². The van der Waals surface area contributed by atoms with E-state index < -0.39 is 0 Å². The molecule has 2 fully saturated rings. The van der Waals surface area contributed by atoms with E-state index in [9.17, 15) is 9.59 Å². The first-order valence-corrected chi connectivity index (χ1v) is 9.23. The summed E-state index contributed by atoms with van der Waals surface area (Å²) in [4.78, 5) is 31.5. The molecular weight excluding hydrogens is 328 g/mol. The van der Waals surface area contributed by atoms with Crippen molar-refractivity contribution in [2.24, 2.45) is 7.05 Å². The second kappa shape index (κ2) is 6.59. The number of benzene rings is 1. The lowest BCUT2D eigenvalue weighted by Gasteiger charge is -2.34. The highest BCUT2D eigenvalue weighted by Gasteiger charge is 2.51. The summed E-state index contributed by atoms with van der Waals surface area (Å²) in [6.07, 6.45) is 6.97. The summed E-state index contributed by atoms with van der Waals surface area (Å²) < 4.78 is 1.54. The van der Waals surface area contributed by atoms with Crippen molar-refractivity contribution in [2.75, 3.05) is 18.0 Å². The normalized spacial score (nSPS) is 21.3. The molecule has 0 radical (unpaired) electrons. The Balaban J connectivity index is 1.47. The van der Waals surface area contributed by atoms with Gasteiger partial charge >= 0.3 is 0 Å². The molecule has 4 rings (SSSR count). The number of hydrogen-bond donors (Lipinski definition) is 1. The molecule has 1 amide bonds. The smallest absolute Gasteiger partial charge is 0.293 e. The van der Waals surface area contributed by atoms with E-state index in [2.05, 4.69) is 10.3 Å². The molecule has 1 aliphatic heterocycles. The van der Waals surface area contributed by atoms with E-state index in [1.807, 2.05) is 35.2 Å². The maximum Gasteiger partial charge on any atom is 0.293 e. The van der Waals surface area contributed by atoms with Gasteiger partial charge in [0.2, 0.25) is 5.91 Å². The van der Waals surface area contributed by atoms with Crippen LogP contribution in [0.5, 0.6) is 0 Å². The Morgan fingerprint density at radius 2 is 2.04 bits per heavy atom. The molecule has 6 nitrogen and oxygen atoms in total. The molecule has 0 bridgehead atoms. The Morgan fingerprint density at radius 1 is 1.27 bits per heavy atom. The summed E-state index contributed by atoms with van der Waals surface area (Å²) in [6, 6.07) is 10.1. The summed E-state index contributed by atoms with van der Waals surface area (Å²) in [5.74, 6) is 0.586. The third-order valence-corrected chi connectivity index (χ3v) is 5.57. The van der Waals surface area contributed by atoms with E-state index >= 15 is 0 Å². The minimum Gasteiger partial charge on any atom is -0.351 e. The third kappa shape index (κ3) is 3.00. The number of carbonyl (C=O) groups excluding carboxylic acids is 1. The van der Waals surface area contributed by atoms with Crippen molar-refractivity contribution in [2.45, 2.75) is 37.1 Å². The van der Waals surface area contributed by atoms with Gasteiger partial charge in [0, 0.05) is 38.6 Å². The van der Waals surface area contributed by atoms with Crippen LogP contribution in [-0.2, 0) is 17.3 Å². The molecule has 1 atom stereocenters. The van der Waals surface area contributed by atoms with Gasteiger partial charge in [0.05, 0.1) is 5.41 Å². The lowest BCUT2D eigenvalue weighted by molar-refractivity contribution is -0.124. The fourth-order valence-electron chi connectivity index (χ4n) is 3.84. The van der Waals surface area contributed by atoms with Crippen LogP contribution >= 0.6 is 0 Å². The topological polar surface area (TPSA) is 67.2 Å². The summed E-state index contributed by atoms with van der Waals surface area (Å²) >= 11 is 0. The fraction of sp³-hybridized carbons (Fsp3) is 0.450. The molecular formula is C20H24N4O2. The first-order chi connectivity index (χ1) is 12.6. The Bertz CT molecular complexity index is 858. The minimum absolute atomic E-state index is 0.0455. The van der Waals surface area contributed by atoms with Gasteiger partial charge < -0.3 is 14.8 Å². The zero-order valence-electron chi connectivity index (χ0n) is 15.0. The highest BCUT2D eigenvalue weighted by atomic mass is 16.2. The van der Waals surface area contributed by atoms with Gasteiger partial charge in [0.25, 0.3) is 5.56 Å². The van der Waals surface area contributed by atoms with Crippen LogP contribution in [0.4, 0.5) is 5.82 Å². The number of hydrogen-bond acceptors (Lipinski definition) is 4. The van der Waals surface area contributed by atoms with Crippen molar-refractivity contribution in [3.05, 3.63) is 58.6 Å². The molecule has 0 spiro atoms. The van der Waals surface area contributed by atoms with Gasteiger partial charge in [-0.15, -0.1) is 0 Å². The number of nitrogens with one attached hydrogen (secondary N) is 1. The van der Waals surface area contributed by atoms with E-state index in [1.165, 1.54) is 0 Å². The number of anilines is 1. The number of piperidine rings is 1. The van der Waals surface area contributed by atoms with Gasteiger partial charge in [0.1, 0.15) is 0 Å². The molecule has 2 aliphatic rings. The van der Waals surface area contributed by atoms with Crippen molar-refractivity contribution in [3.8, 4) is 0 Å². The Morgan fingerprint density at radius 3 is 2.77 bits per heavy atom. The molecule has 1 saturated heterocycles. The van der Waals surface area contributed by atoms with Crippen LogP contribution in [0.2, 0.25) is 0 Å². The van der Waals surface area contributed by atoms with Gasteiger partial charge in [-0.3, -0.25) is 9.59 Å². The van der Waals surface area contributed by atoms with Crippen molar-refractivity contribution < 1.29 is 4.79 Å². The first-order valence-electron chi connectivity index (χ1n) is 9.23. The van der Waals surface area contributed by atoms with Crippen LogP contribution < -0.4 is 15.8 Å². The van der Waals surface area contributed by atoms with Crippen molar-refractivity contribution in [1.29, 1.82) is 0 Å². The average Bonchev–Trinajstić information content (AvgIpc) is 3.47. The molecule has 2 aromatic rings. The quantitative estimate of drug-likeness (QED) is 0.908. The number of aromatic nitrogens is 2. The number of nitrogens with zero attached hydrogens (tertiary/aromatic N) is 3. The highest BCUT2D eigenvalue weighted by molar-refractivity contribution is 5.91. The number of carbonyl (C=O) groups is 1. The predicted molar refractivity (Wildman–Crippen MR) is 100 cm³/mol. The molecule has 26 heavy (non-hydrogen) atoms. The highest BCUT2D eigenvalue weighted by Crippen LogP contribution is 2.48. The van der Waals surface area contributed by atoms with Crippen LogP contribution in [0, 0.1) is 0 Å². The predicted octanol–water partition coefficient (Wildman–Crippen LogP) is 1.60. The molecule has 136 valence electrons. The molecule has 1 N–H and O–H groups in total.